The molecule has 58 heavy (non-hydrogen) atoms. The standard InChI is InChI=1S/3C16H24NOSi.Bi/c3*1-13(18-19(5,6)16(2,3)4)17-12-11-14-9-7-8-10-15(14)17;/h3*7,9-13H,1-6H3;. The van der Waals surface area contributed by atoms with Crippen molar-refractivity contribution in [2.24, 2.45) is 0 Å². The van der Waals surface area contributed by atoms with Crippen LogP contribution < -0.4 is 9.81 Å². The molecule has 0 bridgehead atoms. The van der Waals surface area contributed by atoms with E-state index >= 15 is 0 Å². The molecule has 3 heterocycles. The summed E-state index contributed by atoms with van der Waals surface area (Å²) in [5, 5.41) is 4.14. The summed E-state index contributed by atoms with van der Waals surface area (Å²) in [7, 11) is -6.00. The van der Waals surface area contributed by atoms with Crippen molar-refractivity contribution in [3.8, 4) is 0 Å². The first kappa shape index (κ1) is 45.2. The van der Waals surface area contributed by atoms with Gasteiger partial charge in [0.15, 0.2) is 0 Å². The van der Waals surface area contributed by atoms with Gasteiger partial charge in [-0.15, -0.1) is 0 Å². The van der Waals surface area contributed by atoms with Crippen molar-refractivity contribution in [2.45, 2.75) is 156 Å². The molecule has 6 aromatic rings. The molecule has 0 spiro atoms. The van der Waals surface area contributed by atoms with Gasteiger partial charge in [0.25, 0.3) is 0 Å². The topological polar surface area (TPSA) is 42.5 Å². The fraction of sp³-hybridized carbons (Fsp3) is 0.500. The zero-order valence-corrected chi connectivity index (χ0v) is 45.4. The number of rotatable bonds is 12. The monoisotopic (exact) mass is 1030 g/mol. The third-order valence-corrected chi connectivity index (χ3v) is 36.8. The SMILES string of the molecule is CC(O[Si](C)(C)C(C)(C)C)n1ccc2cc[c]([Bi]([c]3ccc4ccn(C(C)O[Si](C)(C)C(C)(C)C)c4c3)[c]3ccc4ccn(C(C)O[Si](C)(C)C(C)(C)C)c4c3)cc21. The number of fused-ring (bicyclic) bond motifs is 3. The van der Waals surface area contributed by atoms with Crippen molar-refractivity contribution >= 4 is 89.2 Å². The van der Waals surface area contributed by atoms with Crippen LogP contribution in [-0.4, -0.2) is 60.4 Å². The predicted octanol–water partition coefficient (Wildman–Crippen LogP) is 12.7. The van der Waals surface area contributed by atoms with Crippen molar-refractivity contribution in [3.05, 3.63) is 91.4 Å². The molecule has 3 unspecified atom stereocenters. The maximum absolute atomic E-state index is 6.98. The van der Waals surface area contributed by atoms with Gasteiger partial charge in [-0.05, 0) is 0 Å². The molecule has 0 radical (unpaired) electrons. The number of benzene rings is 3. The van der Waals surface area contributed by atoms with Crippen molar-refractivity contribution in [1.29, 1.82) is 0 Å². The molecule has 3 aromatic carbocycles. The second-order valence-corrected chi connectivity index (χ2v) is 44.1. The Morgan fingerprint density at radius 2 is 0.655 bits per heavy atom. The van der Waals surface area contributed by atoms with E-state index in [9.17, 15) is 0 Å². The van der Waals surface area contributed by atoms with E-state index in [4.69, 9.17) is 13.3 Å². The molecule has 0 aliphatic carbocycles. The van der Waals surface area contributed by atoms with Crippen LogP contribution in [0.15, 0.2) is 91.4 Å². The molecule has 3 aromatic heterocycles. The average Bonchev–Trinajstić information content (AvgIpc) is 3.83. The van der Waals surface area contributed by atoms with E-state index in [1.54, 1.807) is 0 Å². The fourth-order valence-corrected chi connectivity index (χ4v) is 20.2. The first-order valence-electron chi connectivity index (χ1n) is 21.3. The van der Waals surface area contributed by atoms with Gasteiger partial charge in [0.05, 0.1) is 0 Å². The molecule has 0 N–H and O–H groups in total. The van der Waals surface area contributed by atoms with Gasteiger partial charge in [0.2, 0.25) is 0 Å². The second kappa shape index (κ2) is 15.9. The summed E-state index contributed by atoms with van der Waals surface area (Å²) in [4.78, 5) is 0. The Morgan fingerprint density at radius 3 is 0.879 bits per heavy atom. The molecule has 0 amide bonds. The molecule has 0 fully saturated rings. The van der Waals surface area contributed by atoms with E-state index in [-0.39, 0.29) is 33.8 Å². The first-order chi connectivity index (χ1) is 26.6. The van der Waals surface area contributed by atoms with E-state index in [0.29, 0.717) is 0 Å². The zero-order chi connectivity index (χ0) is 43.0. The molecule has 314 valence electrons. The molecule has 6 nitrogen and oxygen atoms in total. The summed E-state index contributed by atoms with van der Waals surface area (Å²) in [5.74, 6) is 0. The van der Waals surface area contributed by atoms with E-state index in [0.717, 1.165) is 0 Å². The number of hydrogen-bond donors (Lipinski definition) is 0. The quantitative estimate of drug-likeness (QED) is 0.115. The molecule has 0 aliphatic rings. The van der Waals surface area contributed by atoms with Gasteiger partial charge in [-0.2, -0.15) is 0 Å². The van der Waals surface area contributed by atoms with Gasteiger partial charge in [-0.1, -0.05) is 0 Å². The molecular formula is C48H72BiN3O3Si3. The van der Waals surface area contributed by atoms with Crippen LogP contribution in [0.4, 0.5) is 0 Å². The average molecular weight is 1030 g/mol. The van der Waals surface area contributed by atoms with Gasteiger partial charge in [-0.3, -0.25) is 0 Å². The first-order valence-corrected chi connectivity index (χ1v) is 35.2. The zero-order valence-electron chi connectivity index (χ0n) is 38.9. The normalized spacial score (nSPS) is 15.6. The summed E-state index contributed by atoms with van der Waals surface area (Å²) < 4.78 is 32.4. The Labute approximate surface area is 361 Å². The summed E-state index contributed by atoms with van der Waals surface area (Å²) in [5.41, 5.74) is 3.72. The van der Waals surface area contributed by atoms with E-state index in [1.807, 2.05) is 0 Å². The number of nitrogens with zero attached hydrogens (tertiary/aromatic N) is 3. The Balaban J connectivity index is 1.51. The Morgan fingerprint density at radius 1 is 0.414 bits per heavy atom. The van der Waals surface area contributed by atoms with Gasteiger partial charge in [0, 0.05) is 0 Å². The summed E-state index contributed by atoms with van der Waals surface area (Å²) >= 11 is -3.01. The number of aromatic nitrogens is 3. The van der Waals surface area contributed by atoms with Gasteiger partial charge in [0.1, 0.15) is 0 Å². The minimum absolute atomic E-state index is 0.0643. The van der Waals surface area contributed by atoms with Crippen LogP contribution >= 0.6 is 0 Å². The number of hydrogen-bond acceptors (Lipinski definition) is 3. The second-order valence-electron chi connectivity index (χ2n) is 21.2. The van der Waals surface area contributed by atoms with Crippen LogP contribution in [0.1, 0.15) is 102 Å². The Kier molecular flexibility index (Phi) is 12.4. The maximum atomic E-state index is 6.98. The Bertz CT molecular complexity index is 2140. The molecule has 0 aliphatic heterocycles. The van der Waals surface area contributed by atoms with Gasteiger partial charge < -0.3 is 0 Å². The van der Waals surface area contributed by atoms with E-state index in [2.05, 4.69) is 227 Å². The van der Waals surface area contributed by atoms with E-state index in [1.165, 1.54) is 42.5 Å². The van der Waals surface area contributed by atoms with Crippen LogP contribution in [0.5, 0.6) is 0 Å². The van der Waals surface area contributed by atoms with Crippen LogP contribution in [-0.2, 0) is 13.3 Å². The van der Waals surface area contributed by atoms with Crippen LogP contribution in [0, 0.1) is 0 Å². The summed E-state index contributed by atoms with van der Waals surface area (Å²) in [6, 6.07) is 28.5. The molecule has 6 rings (SSSR count). The van der Waals surface area contributed by atoms with Crippen molar-refractivity contribution < 1.29 is 13.3 Å². The van der Waals surface area contributed by atoms with Crippen LogP contribution in [0.2, 0.25) is 54.4 Å². The summed E-state index contributed by atoms with van der Waals surface area (Å²) in [6.45, 7) is 41.6. The van der Waals surface area contributed by atoms with E-state index < -0.39 is 46.7 Å². The minimum atomic E-state index is -3.01. The molecular weight excluding hydrogens is 960 g/mol. The molecule has 10 heteroatoms. The van der Waals surface area contributed by atoms with Crippen LogP contribution in [0.3, 0.4) is 0 Å². The third-order valence-electron chi connectivity index (χ3n) is 13.9. The predicted molar refractivity (Wildman–Crippen MR) is 259 cm³/mol. The molecule has 3 atom stereocenters. The third kappa shape index (κ3) is 8.86. The summed E-state index contributed by atoms with van der Waals surface area (Å²) in [6.07, 6.45) is 6.48. The van der Waals surface area contributed by atoms with Crippen molar-refractivity contribution in [3.63, 3.8) is 0 Å². The van der Waals surface area contributed by atoms with Crippen molar-refractivity contribution in [2.75, 3.05) is 0 Å². The van der Waals surface area contributed by atoms with Gasteiger partial charge >= 0.3 is 364 Å². The molecule has 0 saturated carbocycles. The van der Waals surface area contributed by atoms with Gasteiger partial charge in [-0.25, -0.2) is 0 Å². The van der Waals surface area contributed by atoms with Crippen molar-refractivity contribution in [1.82, 2.24) is 13.7 Å². The molecule has 0 saturated heterocycles. The van der Waals surface area contributed by atoms with Crippen LogP contribution in [0.25, 0.3) is 32.7 Å². The Hall–Kier alpha value is -2.31. The fourth-order valence-electron chi connectivity index (χ4n) is 7.21.